The molecular formula is C15H14ClN5S. The molecule has 1 aliphatic carbocycles. The Kier molecular flexibility index (Phi) is 3.52. The number of nitrogens with one attached hydrogen (secondary N) is 2. The zero-order valence-corrected chi connectivity index (χ0v) is 13.3. The van der Waals surface area contributed by atoms with Gasteiger partial charge >= 0.3 is 0 Å². The number of halogens is 1. The Morgan fingerprint density at radius 3 is 2.95 bits per heavy atom. The number of amidine groups is 1. The highest BCUT2D eigenvalue weighted by atomic mass is 35.5. The second kappa shape index (κ2) is 5.53. The van der Waals surface area contributed by atoms with Gasteiger partial charge in [0.05, 0.1) is 5.52 Å². The Hall–Kier alpha value is -1.63. The zero-order chi connectivity index (χ0) is 15.1. The predicted molar refractivity (Wildman–Crippen MR) is 91.8 cm³/mol. The van der Waals surface area contributed by atoms with Crippen LogP contribution in [0.3, 0.4) is 0 Å². The number of fused-ring (bicyclic) bond motifs is 1. The minimum Gasteiger partial charge on any atom is -0.309 e. The minimum atomic E-state index is 0.473. The van der Waals surface area contributed by atoms with Crippen LogP contribution in [0.15, 0.2) is 23.2 Å². The van der Waals surface area contributed by atoms with Gasteiger partial charge in [-0.05, 0) is 37.0 Å². The van der Waals surface area contributed by atoms with E-state index in [9.17, 15) is 0 Å². The first-order valence-corrected chi connectivity index (χ1v) is 8.09. The molecule has 0 bridgehead atoms. The Labute approximate surface area is 138 Å². The van der Waals surface area contributed by atoms with Gasteiger partial charge in [0.2, 0.25) is 0 Å². The van der Waals surface area contributed by atoms with Crippen molar-refractivity contribution in [1.82, 2.24) is 20.8 Å². The molecule has 1 aromatic heterocycles. The van der Waals surface area contributed by atoms with Crippen molar-refractivity contribution < 1.29 is 0 Å². The van der Waals surface area contributed by atoms with Crippen LogP contribution in [0.2, 0.25) is 5.02 Å². The molecule has 0 amide bonds. The van der Waals surface area contributed by atoms with Crippen LogP contribution in [0.5, 0.6) is 0 Å². The monoisotopic (exact) mass is 331 g/mol. The normalized spacial score (nSPS) is 23.0. The minimum absolute atomic E-state index is 0.473. The number of hydrazine groups is 1. The molecule has 1 saturated heterocycles. The van der Waals surface area contributed by atoms with E-state index in [1.165, 1.54) is 18.2 Å². The summed E-state index contributed by atoms with van der Waals surface area (Å²) in [4.78, 5) is 13.5. The van der Waals surface area contributed by atoms with E-state index in [2.05, 4.69) is 25.8 Å². The molecule has 1 aliphatic heterocycles. The van der Waals surface area contributed by atoms with Crippen LogP contribution in [0, 0.1) is 5.92 Å². The van der Waals surface area contributed by atoms with Gasteiger partial charge in [0.25, 0.3) is 0 Å². The van der Waals surface area contributed by atoms with Crippen molar-refractivity contribution in [3.05, 3.63) is 29.0 Å². The maximum Gasteiger partial charge on any atom is 0.165 e. The molecule has 1 atom stereocenters. The zero-order valence-electron chi connectivity index (χ0n) is 11.7. The Morgan fingerprint density at radius 1 is 1.32 bits per heavy atom. The molecule has 5 nitrogen and oxygen atoms in total. The van der Waals surface area contributed by atoms with E-state index in [-0.39, 0.29) is 0 Å². The van der Waals surface area contributed by atoms with Gasteiger partial charge in [-0.2, -0.15) is 0 Å². The SMILES string of the molecule is S=Cc1nc(N=C2CC(C3CC3)NN2)c2cc(Cl)ccc2n1. The third-order valence-electron chi connectivity index (χ3n) is 4.01. The first-order chi connectivity index (χ1) is 10.7. The molecule has 2 aliphatic rings. The fourth-order valence-electron chi connectivity index (χ4n) is 2.71. The number of hydrogen-bond donors (Lipinski definition) is 2. The fraction of sp³-hybridized carbons (Fsp3) is 0.333. The lowest BCUT2D eigenvalue weighted by Crippen LogP contribution is -2.32. The first-order valence-electron chi connectivity index (χ1n) is 7.24. The molecular weight excluding hydrogens is 318 g/mol. The molecule has 7 heteroatoms. The molecule has 0 radical (unpaired) electrons. The number of aromatic nitrogens is 2. The molecule has 22 heavy (non-hydrogen) atoms. The van der Waals surface area contributed by atoms with E-state index in [1.54, 1.807) is 6.07 Å². The maximum absolute atomic E-state index is 6.09. The van der Waals surface area contributed by atoms with Gasteiger partial charge in [-0.1, -0.05) is 23.8 Å². The van der Waals surface area contributed by atoms with E-state index in [1.807, 2.05) is 12.1 Å². The van der Waals surface area contributed by atoms with Crippen molar-refractivity contribution >= 4 is 51.7 Å². The maximum atomic E-state index is 6.09. The summed E-state index contributed by atoms with van der Waals surface area (Å²) in [6, 6.07) is 5.97. The van der Waals surface area contributed by atoms with Crippen LogP contribution in [0.1, 0.15) is 25.1 Å². The quantitative estimate of drug-likeness (QED) is 0.847. The van der Waals surface area contributed by atoms with Crippen molar-refractivity contribution in [3.63, 3.8) is 0 Å². The topological polar surface area (TPSA) is 62.2 Å². The van der Waals surface area contributed by atoms with Gasteiger partial charge in [-0.25, -0.2) is 20.4 Å². The lowest BCUT2D eigenvalue weighted by atomic mass is 10.1. The van der Waals surface area contributed by atoms with E-state index < -0.39 is 0 Å². The number of hydrogen-bond acceptors (Lipinski definition) is 5. The van der Waals surface area contributed by atoms with Gasteiger partial charge < -0.3 is 5.43 Å². The summed E-state index contributed by atoms with van der Waals surface area (Å²) in [6.07, 6.45) is 3.49. The number of aliphatic imine (C=N–C) groups is 1. The third kappa shape index (κ3) is 2.69. The van der Waals surface area contributed by atoms with Gasteiger partial charge in [-0.3, -0.25) is 0 Å². The second-order valence-electron chi connectivity index (χ2n) is 5.66. The van der Waals surface area contributed by atoms with E-state index in [4.69, 9.17) is 23.8 Å². The van der Waals surface area contributed by atoms with Crippen molar-refractivity contribution in [3.8, 4) is 0 Å². The predicted octanol–water partition coefficient (Wildman–Crippen LogP) is 2.94. The molecule has 112 valence electrons. The summed E-state index contributed by atoms with van der Waals surface area (Å²) in [7, 11) is 0. The van der Waals surface area contributed by atoms with Crippen LogP contribution in [0.25, 0.3) is 10.9 Å². The average molecular weight is 332 g/mol. The third-order valence-corrected chi connectivity index (χ3v) is 4.45. The highest BCUT2D eigenvalue weighted by Crippen LogP contribution is 2.35. The summed E-state index contributed by atoms with van der Waals surface area (Å²) in [5, 5.41) is 2.93. The van der Waals surface area contributed by atoms with Crippen LogP contribution in [-0.4, -0.2) is 27.2 Å². The molecule has 2 aromatic rings. The first kappa shape index (κ1) is 14.0. The van der Waals surface area contributed by atoms with Gasteiger partial charge in [0.1, 0.15) is 5.84 Å². The molecule has 2 N–H and O–H groups in total. The lowest BCUT2D eigenvalue weighted by molar-refractivity contribution is 0.504. The summed E-state index contributed by atoms with van der Waals surface area (Å²) >= 11 is 11.1. The highest BCUT2D eigenvalue weighted by molar-refractivity contribution is 7.79. The van der Waals surface area contributed by atoms with Crippen LogP contribution in [-0.2, 0) is 0 Å². The van der Waals surface area contributed by atoms with Crippen LogP contribution < -0.4 is 10.9 Å². The van der Waals surface area contributed by atoms with E-state index >= 15 is 0 Å². The molecule has 1 unspecified atom stereocenters. The summed E-state index contributed by atoms with van der Waals surface area (Å²) < 4.78 is 0. The van der Waals surface area contributed by atoms with Gasteiger partial charge in [-0.15, -0.1) is 0 Å². The lowest BCUT2D eigenvalue weighted by Gasteiger charge is -2.04. The molecule has 1 saturated carbocycles. The van der Waals surface area contributed by atoms with Crippen LogP contribution >= 0.6 is 23.8 Å². The van der Waals surface area contributed by atoms with Crippen molar-refractivity contribution in [2.75, 3.05) is 0 Å². The standard InChI is InChI=1S/C15H14ClN5S/c16-9-3-4-11-10(5-9)15(19-14(7-22)17-11)18-13-6-12(20-21-13)8-1-2-8/h3-5,7-8,12,20H,1-2,6H2,(H,17,18,19,21). The van der Waals surface area contributed by atoms with Crippen molar-refractivity contribution in [2.24, 2.45) is 10.9 Å². The van der Waals surface area contributed by atoms with E-state index in [0.717, 1.165) is 29.1 Å². The smallest absolute Gasteiger partial charge is 0.165 e. The molecule has 2 fully saturated rings. The number of thiocarbonyl (C=S) groups is 1. The number of benzene rings is 1. The highest BCUT2D eigenvalue weighted by Gasteiger charge is 2.35. The molecule has 1 aromatic carbocycles. The van der Waals surface area contributed by atoms with Crippen molar-refractivity contribution in [1.29, 1.82) is 0 Å². The summed E-state index contributed by atoms with van der Waals surface area (Å²) in [5.41, 5.74) is 7.25. The van der Waals surface area contributed by atoms with Gasteiger partial charge in [0, 0.05) is 28.2 Å². The van der Waals surface area contributed by atoms with Crippen molar-refractivity contribution in [2.45, 2.75) is 25.3 Å². The molecule has 0 spiro atoms. The number of rotatable bonds is 3. The second-order valence-corrected chi connectivity index (χ2v) is 6.33. The Morgan fingerprint density at radius 2 is 2.18 bits per heavy atom. The largest absolute Gasteiger partial charge is 0.309 e. The number of nitrogens with zero attached hydrogens (tertiary/aromatic N) is 3. The molecule has 4 rings (SSSR count). The Balaban J connectivity index is 1.76. The van der Waals surface area contributed by atoms with Gasteiger partial charge in [0.15, 0.2) is 11.6 Å². The summed E-state index contributed by atoms with van der Waals surface area (Å²) in [5.74, 6) is 2.76. The molecule has 2 heterocycles. The average Bonchev–Trinajstić information content (AvgIpc) is 3.27. The van der Waals surface area contributed by atoms with E-state index in [0.29, 0.717) is 22.7 Å². The summed E-state index contributed by atoms with van der Waals surface area (Å²) in [6.45, 7) is 0. The fourth-order valence-corrected chi connectivity index (χ4v) is 2.99. The Bertz CT molecular complexity index is 787. The van der Waals surface area contributed by atoms with Crippen LogP contribution in [0.4, 0.5) is 5.82 Å².